The van der Waals surface area contributed by atoms with Gasteiger partial charge in [-0.3, -0.25) is 9.89 Å². The van der Waals surface area contributed by atoms with Crippen LogP contribution in [0, 0.1) is 13.8 Å². The lowest BCUT2D eigenvalue weighted by Gasteiger charge is -2.15. The second-order valence-corrected chi connectivity index (χ2v) is 5.95. The van der Waals surface area contributed by atoms with Crippen molar-refractivity contribution < 1.29 is 9.53 Å². The fourth-order valence-corrected chi connectivity index (χ4v) is 2.75. The number of carbonyl (C=O) groups is 1. The molecule has 0 aliphatic heterocycles. The van der Waals surface area contributed by atoms with Crippen molar-refractivity contribution in [3.63, 3.8) is 0 Å². The van der Waals surface area contributed by atoms with E-state index in [9.17, 15) is 4.79 Å². The molecule has 1 heterocycles. The van der Waals surface area contributed by atoms with Crippen molar-refractivity contribution in [1.29, 1.82) is 0 Å². The lowest BCUT2D eigenvalue weighted by atomic mass is 10.0. The van der Waals surface area contributed by atoms with Crippen LogP contribution in [0.15, 0.2) is 12.1 Å². The number of nitrogens with one attached hydrogen (secondary N) is 3. The number of aromatic nitrogens is 2. The van der Waals surface area contributed by atoms with Gasteiger partial charge in [0.2, 0.25) is 5.88 Å². The van der Waals surface area contributed by atoms with Crippen LogP contribution in [0.4, 0.5) is 5.69 Å². The molecule has 0 fully saturated rings. The Morgan fingerprint density at radius 2 is 2.00 bits per heavy atom. The van der Waals surface area contributed by atoms with E-state index >= 15 is 0 Å². The summed E-state index contributed by atoms with van der Waals surface area (Å²) in [5, 5.41) is 13.4. The third kappa shape index (κ3) is 4.32. The Morgan fingerprint density at radius 3 is 2.64 bits per heavy atom. The Bertz CT molecular complexity index is 737. The van der Waals surface area contributed by atoms with E-state index in [0.29, 0.717) is 24.6 Å². The van der Waals surface area contributed by atoms with Crippen LogP contribution in [-0.4, -0.2) is 29.3 Å². The fraction of sp³-hybridized carbons (Fsp3) is 0.474. The van der Waals surface area contributed by atoms with Gasteiger partial charge < -0.3 is 15.4 Å². The number of amides is 1. The van der Waals surface area contributed by atoms with Crippen LogP contribution >= 0.6 is 0 Å². The van der Waals surface area contributed by atoms with Crippen molar-refractivity contribution in [3.05, 3.63) is 40.1 Å². The van der Waals surface area contributed by atoms with Crippen LogP contribution in [-0.2, 0) is 13.0 Å². The summed E-state index contributed by atoms with van der Waals surface area (Å²) < 4.78 is 5.50. The molecule has 0 aliphatic rings. The lowest BCUT2D eigenvalue weighted by molar-refractivity contribution is 0.0950. The average molecular weight is 344 g/mol. The number of benzene rings is 1. The maximum absolute atomic E-state index is 12.8. The van der Waals surface area contributed by atoms with E-state index in [1.54, 1.807) is 0 Å². The van der Waals surface area contributed by atoms with Gasteiger partial charge in [-0.05, 0) is 57.4 Å². The molecule has 0 spiro atoms. The maximum Gasteiger partial charge on any atom is 0.251 e. The van der Waals surface area contributed by atoms with Crippen molar-refractivity contribution in [3.8, 4) is 5.88 Å². The lowest BCUT2D eigenvalue weighted by Crippen LogP contribution is -2.24. The summed E-state index contributed by atoms with van der Waals surface area (Å²) in [5.41, 5.74) is 5.60. The Balaban J connectivity index is 2.21. The average Bonchev–Trinajstić information content (AvgIpc) is 2.95. The number of H-pyrrole nitrogens is 1. The van der Waals surface area contributed by atoms with Crippen molar-refractivity contribution in [1.82, 2.24) is 15.5 Å². The van der Waals surface area contributed by atoms with Crippen LogP contribution in [0.3, 0.4) is 0 Å². The van der Waals surface area contributed by atoms with E-state index in [-0.39, 0.29) is 5.91 Å². The number of carbonyl (C=O) groups excluding carboxylic acids is 1. The summed E-state index contributed by atoms with van der Waals surface area (Å²) in [5.74, 6) is 0.461. The summed E-state index contributed by atoms with van der Waals surface area (Å²) in [7, 11) is 0. The number of anilines is 1. The molecule has 0 unspecified atom stereocenters. The first-order valence-electron chi connectivity index (χ1n) is 8.83. The van der Waals surface area contributed by atoms with Gasteiger partial charge in [0.1, 0.15) is 0 Å². The standard InChI is InChI=1S/C19H28N4O2/c1-6-14-9-15(12(4)17(10-14)20-7-2)18(24)21-11-16-13(5)22-23-19(16)25-8-3/h9-10,20H,6-8,11H2,1-5H3,(H,21,24)(H,22,23). The van der Waals surface area contributed by atoms with Crippen molar-refractivity contribution >= 4 is 11.6 Å². The molecule has 1 amide bonds. The first kappa shape index (κ1) is 18.8. The summed E-state index contributed by atoms with van der Waals surface area (Å²) in [4.78, 5) is 12.8. The fourth-order valence-electron chi connectivity index (χ4n) is 2.75. The summed E-state index contributed by atoms with van der Waals surface area (Å²) in [6.45, 7) is 11.7. The predicted molar refractivity (Wildman–Crippen MR) is 100 cm³/mol. The van der Waals surface area contributed by atoms with Crippen molar-refractivity contribution in [2.24, 2.45) is 0 Å². The molecule has 0 saturated carbocycles. The Hall–Kier alpha value is -2.50. The SMILES string of the molecule is CCNc1cc(CC)cc(C(=O)NCc2c(OCC)n[nH]c2C)c1C. The predicted octanol–water partition coefficient (Wildman–Crippen LogP) is 3.35. The van der Waals surface area contributed by atoms with Gasteiger partial charge in [0.15, 0.2) is 0 Å². The number of hydrogen-bond acceptors (Lipinski definition) is 4. The normalized spacial score (nSPS) is 10.6. The minimum absolute atomic E-state index is 0.0880. The Kier molecular flexibility index (Phi) is 6.44. The van der Waals surface area contributed by atoms with Crippen molar-refractivity contribution in [2.45, 2.75) is 47.6 Å². The van der Waals surface area contributed by atoms with Crippen LogP contribution in [0.5, 0.6) is 5.88 Å². The summed E-state index contributed by atoms with van der Waals surface area (Å²) >= 11 is 0. The zero-order valence-electron chi connectivity index (χ0n) is 15.7. The quantitative estimate of drug-likeness (QED) is 0.686. The molecule has 0 saturated heterocycles. The van der Waals surface area contributed by atoms with Gasteiger partial charge in [-0.1, -0.05) is 6.92 Å². The highest BCUT2D eigenvalue weighted by Crippen LogP contribution is 2.23. The molecule has 0 atom stereocenters. The van der Waals surface area contributed by atoms with Crippen LogP contribution in [0.25, 0.3) is 0 Å². The zero-order chi connectivity index (χ0) is 18.4. The molecule has 0 aliphatic carbocycles. The molecular weight excluding hydrogens is 316 g/mol. The Labute approximate surface area is 149 Å². The third-order valence-corrected chi connectivity index (χ3v) is 4.23. The van der Waals surface area contributed by atoms with Gasteiger partial charge in [0, 0.05) is 23.5 Å². The molecular formula is C19H28N4O2. The van der Waals surface area contributed by atoms with Crippen LogP contribution in [0.2, 0.25) is 0 Å². The van der Waals surface area contributed by atoms with Gasteiger partial charge in [-0.15, -0.1) is 5.10 Å². The second-order valence-electron chi connectivity index (χ2n) is 5.95. The summed E-state index contributed by atoms with van der Waals surface area (Å²) in [6.07, 6.45) is 0.883. The van der Waals surface area contributed by atoms with Crippen LogP contribution < -0.4 is 15.4 Å². The topological polar surface area (TPSA) is 79.0 Å². The van der Waals surface area contributed by atoms with E-state index < -0.39 is 0 Å². The largest absolute Gasteiger partial charge is 0.477 e. The number of aryl methyl sites for hydroxylation is 2. The van der Waals surface area contributed by atoms with E-state index in [1.165, 1.54) is 0 Å². The number of rotatable bonds is 8. The molecule has 6 heteroatoms. The van der Waals surface area contributed by atoms with Gasteiger partial charge >= 0.3 is 0 Å². The molecule has 3 N–H and O–H groups in total. The second kappa shape index (κ2) is 8.55. The van der Waals surface area contributed by atoms with Gasteiger partial charge in [-0.2, -0.15) is 0 Å². The molecule has 0 radical (unpaired) electrons. The molecule has 2 rings (SSSR count). The molecule has 6 nitrogen and oxygen atoms in total. The monoisotopic (exact) mass is 344 g/mol. The Morgan fingerprint density at radius 1 is 1.24 bits per heavy atom. The minimum Gasteiger partial charge on any atom is -0.477 e. The highest BCUT2D eigenvalue weighted by molar-refractivity contribution is 5.97. The summed E-state index contributed by atoms with van der Waals surface area (Å²) in [6, 6.07) is 4.08. The van der Waals surface area contributed by atoms with E-state index in [1.807, 2.05) is 26.8 Å². The molecule has 1 aromatic carbocycles. The smallest absolute Gasteiger partial charge is 0.251 e. The maximum atomic E-state index is 12.8. The van der Waals surface area contributed by atoms with Gasteiger partial charge in [0.05, 0.1) is 18.7 Å². The minimum atomic E-state index is -0.0880. The van der Waals surface area contributed by atoms with Gasteiger partial charge in [0.25, 0.3) is 5.91 Å². The van der Waals surface area contributed by atoms with Crippen LogP contribution in [0.1, 0.15) is 53.5 Å². The third-order valence-electron chi connectivity index (χ3n) is 4.23. The highest BCUT2D eigenvalue weighted by Gasteiger charge is 2.16. The highest BCUT2D eigenvalue weighted by atomic mass is 16.5. The first-order chi connectivity index (χ1) is 12.0. The van der Waals surface area contributed by atoms with E-state index in [4.69, 9.17) is 4.74 Å². The number of nitrogens with zero attached hydrogens (tertiary/aromatic N) is 1. The van der Waals surface area contributed by atoms with E-state index in [0.717, 1.165) is 41.0 Å². The van der Waals surface area contributed by atoms with Crippen molar-refractivity contribution in [2.75, 3.05) is 18.5 Å². The molecule has 25 heavy (non-hydrogen) atoms. The molecule has 1 aromatic heterocycles. The van der Waals surface area contributed by atoms with Gasteiger partial charge in [-0.25, -0.2) is 0 Å². The zero-order valence-corrected chi connectivity index (χ0v) is 15.7. The molecule has 2 aromatic rings. The molecule has 136 valence electrons. The first-order valence-corrected chi connectivity index (χ1v) is 8.83. The molecule has 0 bridgehead atoms. The van der Waals surface area contributed by atoms with E-state index in [2.05, 4.69) is 40.7 Å². The number of hydrogen-bond donors (Lipinski definition) is 3. The number of aromatic amines is 1. The number of ether oxygens (including phenoxy) is 1.